The van der Waals surface area contributed by atoms with Crippen LogP contribution >= 0.6 is 0 Å². The molecule has 4 aliphatic rings. The molecule has 0 aliphatic heterocycles. The molecule has 4 rings (SSSR count). The Balaban J connectivity index is 1.97. The summed E-state index contributed by atoms with van der Waals surface area (Å²) in [5.74, 6) is -1.97. The molecule has 0 aromatic carbocycles. The number of esters is 2. The predicted molar refractivity (Wildman–Crippen MR) is 99.9 cm³/mol. The summed E-state index contributed by atoms with van der Waals surface area (Å²) in [6.45, 7) is 5.95. The van der Waals surface area contributed by atoms with Gasteiger partial charge in [0.1, 0.15) is 6.29 Å². The molecule has 0 heterocycles. The SMILES string of the molecule is C=C1C[C@]23C[C@@]1(O)CC[C@H]2[C@]1(C=O)CCC[C@@](C)(C(=O)OC)[C@H]1[C@@H]3C(=O)OC. The second kappa shape index (κ2) is 5.91. The van der Waals surface area contributed by atoms with Gasteiger partial charge < -0.3 is 19.4 Å². The average molecular weight is 390 g/mol. The smallest absolute Gasteiger partial charge is 0.311 e. The molecule has 2 bridgehead atoms. The molecule has 0 unspecified atom stereocenters. The van der Waals surface area contributed by atoms with E-state index in [9.17, 15) is 19.5 Å². The molecule has 4 saturated carbocycles. The van der Waals surface area contributed by atoms with Gasteiger partial charge in [0, 0.05) is 11.3 Å². The lowest BCUT2D eigenvalue weighted by Crippen LogP contribution is -2.52. The number of hydrogen-bond donors (Lipinski definition) is 1. The number of fused-ring (bicyclic) bond motifs is 3. The van der Waals surface area contributed by atoms with E-state index in [1.165, 1.54) is 14.2 Å². The van der Waals surface area contributed by atoms with Crippen LogP contribution in [-0.2, 0) is 23.9 Å². The lowest BCUT2D eigenvalue weighted by molar-refractivity contribution is -0.171. The van der Waals surface area contributed by atoms with Gasteiger partial charge >= 0.3 is 11.9 Å². The first-order valence-corrected chi connectivity index (χ1v) is 10.2. The summed E-state index contributed by atoms with van der Waals surface area (Å²) < 4.78 is 10.4. The molecule has 0 radical (unpaired) electrons. The number of carbonyl (C=O) groups is 3. The van der Waals surface area contributed by atoms with Gasteiger partial charge in [-0.05, 0) is 62.4 Å². The normalized spacial score (nSPS) is 49.1. The summed E-state index contributed by atoms with van der Waals surface area (Å²) in [5, 5.41) is 11.1. The number of methoxy groups -OCH3 is 2. The van der Waals surface area contributed by atoms with Crippen molar-refractivity contribution in [1.29, 1.82) is 0 Å². The zero-order valence-electron chi connectivity index (χ0n) is 17.0. The van der Waals surface area contributed by atoms with Gasteiger partial charge in [0.25, 0.3) is 0 Å². The molecule has 0 saturated heterocycles. The van der Waals surface area contributed by atoms with E-state index in [2.05, 4.69) is 6.58 Å². The molecule has 4 fully saturated rings. The summed E-state index contributed by atoms with van der Waals surface area (Å²) in [5.41, 5.74) is -2.58. The van der Waals surface area contributed by atoms with Crippen LogP contribution in [0.3, 0.4) is 0 Å². The van der Waals surface area contributed by atoms with Gasteiger partial charge in [-0.15, -0.1) is 0 Å². The van der Waals surface area contributed by atoms with E-state index in [4.69, 9.17) is 9.47 Å². The number of aliphatic hydroxyl groups is 1. The topological polar surface area (TPSA) is 89.9 Å². The van der Waals surface area contributed by atoms with E-state index in [-0.39, 0.29) is 11.9 Å². The third kappa shape index (κ3) is 2.05. The van der Waals surface area contributed by atoms with Gasteiger partial charge in [0.05, 0.1) is 31.2 Å². The summed E-state index contributed by atoms with van der Waals surface area (Å²) in [6.07, 6.45) is 5.06. The predicted octanol–water partition coefficient (Wildman–Crippen LogP) is 2.43. The molecule has 1 spiro atoms. The van der Waals surface area contributed by atoms with E-state index < -0.39 is 39.7 Å². The zero-order chi connectivity index (χ0) is 20.5. The highest BCUT2D eigenvalue weighted by Crippen LogP contribution is 2.77. The molecule has 6 heteroatoms. The average Bonchev–Trinajstić information content (AvgIpc) is 3.04. The van der Waals surface area contributed by atoms with E-state index in [1.807, 2.05) is 6.92 Å². The van der Waals surface area contributed by atoms with Gasteiger partial charge in [-0.2, -0.15) is 0 Å². The van der Waals surface area contributed by atoms with Crippen molar-refractivity contribution < 1.29 is 29.0 Å². The summed E-state index contributed by atoms with van der Waals surface area (Å²) in [7, 11) is 2.71. The fraction of sp³-hybridized carbons (Fsp3) is 0.773. The van der Waals surface area contributed by atoms with E-state index in [0.717, 1.165) is 18.3 Å². The van der Waals surface area contributed by atoms with Gasteiger partial charge in [-0.3, -0.25) is 9.59 Å². The fourth-order valence-corrected chi connectivity index (χ4v) is 7.96. The lowest BCUT2D eigenvalue weighted by Gasteiger charge is -2.49. The molecule has 4 aliphatic carbocycles. The first-order valence-electron chi connectivity index (χ1n) is 10.2. The molecule has 7 atom stereocenters. The minimum Gasteiger partial charge on any atom is -0.469 e. The highest BCUT2D eigenvalue weighted by molar-refractivity contribution is 5.84. The van der Waals surface area contributed by atoms with Crippen molar-refractivity contribution >= 4 is 18.2 Å². The Morgan fingerprint density at radius 2 is 1.93 bits per heavy atom. The third-order valence-electron chi connectivity index (χ3n) is 8.86. The lowest BCUT2D eigenvalue weighted by atomic mass is 9.53. The molecule has 0 amide bonds. The van der Waals surface area contributed by atoms with Crippen molar-refractivity contribution in [2.75, 3.05) is 14.2 Å². The van der Waals surface area contributed by atoms with Crippen LogP contribution in [0.4, 0.5) is 0 Å². The minimum absolute atomic E-state index is 0.0737. The summed E-state index contributed by atoms with van der Waals surface area (Å²) in [4.78, 5) is 38.8. The number of rotatable bonds is 3. The number of carbonyl (C=O) groups excluding carboxylic acids is 3. The van der Waals surface area contributed by atoms with Gasteiger partial charge in [-0.25, -0.2) is 0 Å². The van der Waals surface area contributed by atoms with E-state index in [0.29, 0.717) is 38.5 Å². The third-order valence-corrected chi connectivity index (χ3v) is 8.86. The maximum absolute atomic E-state index is 13.2. The van der Waals surface area contributed by atoms with Crippen LogP contribution < -0.4 is 0 Å². The number of ether oxygens (including phenoxy) is 2. The Bertz CT molecular complexity index is 760. The molecule has 0 aromatic rings. The van der Waals surface area contributed by atoms with E-state index >= 15 is 0 Å². The van der Waals surface area contributed by atoms with Gasteiger partial charge in [0.2, 0.25) is 0 Å². The maximum Gasteiger partial charge on any atom is 0.311 e. The summed E-state index contributed by atoms with van der Waals surface area (Å²) >= 11 is 0. The van der Waals surface area contributed by atoms with Gasteiger partial charge in [-0.1, -0.05) is 13.0 Å². The van der Waals surface area contributed by atoms with Crippen LogP contribution in [0.1, 0.15) is 51.9 Å². The van der Waals surface area contributed by atoms with Crippen molar-refractivity contribution in [2.24, 2.45) is 34.0 Å². The Labute approximate surface area is 165 Å². The van der Waals surface area contributed by atoms with Crippen LogP contribution in [0.15, 0.2) is 12.2 Å². The monoisotopic (exact) mass is 390 g/mol. The minimum atomic E-state index is -0.998. The molecular weight excluding hydrogens is 360 g/mol. The molecule has 28 heavy (non-hydrogen) atoms. The highest BCUT2D eigenvalue weighted by Gasteiger charge is 2.78. The second-order valence-corrected chi connectivity index (χ2v) is 9.78. The largest absolute Gasteiger partial charge is 0.469 e. The standard InChI is InChI=1S/C22H30O6/c1-13-10-21-11-22(13,26)9-6-14(21)20(12-23)8-5-7-19(2,18(25)28-4)16(20)15(21)17(24)27-3/h12,14-16,26H,1,5-11H2,2-4H3/t14-,15+,16+,19+,20+,21-,22-/m0/s1. The van der Waals surface area contributed by atoms with E-state index in [1.54, 1.807) is 0 Å². The molecule has 0 aromatic heterocycles. The highest BCUT2D eigenvalue weighted by atomic mass is 16.5. The molecule has 6 nitrogen and oxygen atoms in total. The molecular formula is C22H30O6. The van der Waals surface area contributed by atoms with Gasteiger partial charge in [0.15, 0.2) is 0 Å². The Morgan fingerprint density at radius 1 is 1.21 bits per heavy atom. The Kier molecular flexibility index (Phi) is 4.14. The number of aldehydes is 1. The zero-order valence-corrected chi connectivity index (χ0v) is 17.0. The van der Waals surface area contributed by atoms with Crippen LogP contribution in [-0.4, -0.2) is 43.2 Å². The van der Waals surface area contributed by atoms with Crippen molar-refractivity contribution in [2.45, 2.75) is 57.5 Å². The first-order chi connectivity index (χ1) is 13.1. The van der Waals surface area contributed by atoms with Crippen molar-refractivity contribution in [3.05, 3.63) is 12.2 Å². The van der Waals surface area contributed by atoms with Crippen LogP contribution in [0, 0.1) is 34.0 Å². The Hall–Kier alpha value is -1.69. The van der Waals surface area contributed by atoms with Crippen LogP contribution in [0.25, 0.3) is 0 Å². The van der Waals surface area contributed by atoms with Crippen LogP contribution in [0.5, 0.6) is 0 Å². The molecule has 1 N–H and O–H groups in total. The number of hydrogen-bond acceptors (Lipinski definition) is 6. The van der Waals surface area contributed by atoms with Crippen molar-refractivity contribution in [3.8, 4) is 0 Å². The van der Waals surface area contributed by atoms with Crippen molar-refractivity contribution in [1.82, 2.24) is 0 Å². The summed E-state index contributed by atoms with van der Waals surface area (Å²) in [6, 6.07) is 0. The second-order valence-electron chi connectivity index (χ2n) is 9.78. The Morgan fingerprint density at radius 3 is 2.54 bits per heavy atom. The molecule has 154 valence electrons. The quantitative estimate of drug-likeness (QED) is 0.452. The first kappa shape index (κ1) is 19.6. The van der Waals surface area contributed by atoms with Crippen LogP contribution in [0.2, 0.25) is 0 Å². The maximum atomic E-state index is 13.2. The fourth-order valence-electron chi connectivity index (χ4n) is 7.96. The van der Waals surface area contributed by atoms with Crippen molar-refractivity contribution in [3.63, 3.8) is 0 Å².